The average Bonchev–Trinajstić information content (AvgIpc) is 2.39. The fourth-order valence-corrected chi connectivity index (χ4v) is 2.33. The van der Waals surface area contributed by atoms with Gasteiger partial charge in [0.2, 0.25) is 0 Å². The van der Waals surface area contributed by atoms with Crippen molar-refractivity contribution in [1.29, 1.82) is 0 Å². The highest BCUT2D eigenvalue weighted by Gasteiger charge is 2.34. The number of piperidine rings is 1. The molecule has 1 aliphatic heterocycles. The normalized spacial score (nSPS) is 18.5. The lowest BCUT2D eigenvalue weighted by Crippen LogP contribution is -2.38. The maximum Gasteiger partial charge on any atom is 0.419 e. The van der Waals surface area contributed by atoms with Gasteiger partial charge in [0.15, 0.2) is 0 Å². The lowest BCUT2D eigenvalue weighted by Gasteiger charge is -2.31. The monoisotopic (exact) mass is 273 g/mol. The Balaban J connectivity index is 2.04. The summed E-state index contributed by atoms with van der Waals surface area (Å²) in [5.74, 6) is -0.0510. The van der Waals surface area contributed by atoms with Crippen LogP contribution in [-0.2, 0) is 6.18 Å². The van der Waals surface area contributed by atoms with Crippen LogP contribution in [0.1, 0.15) is 25.3 Å². The van der Waals surface area contributed by atoms with Gasteiger partial charge in [-0.2, -0.15) is 13.2 Å². The second kappa shape index (κ2) is 5.82. The SMILES string of the molecule is CCN1CCC(Oc2ccccc2C(F)(F)F)CC1. The number of benzene rings is 1. The quantitative estimate of drug-likeness (QED) is 0.834. The standard InChI is InChI=1S/C14H18F3NO/c1-2-18-9-7-11(8-10-18)19-13-6-4-3-5-12(13)14(15,16)17/h3-6,11H,2,7-10H2,1H3. The van der Waals surface area contributed by atoms with Crippen molar-refractivity contribution in [2.45, 2.75) is 32.0 Å². The molecule has 1 saturated heterocycles. The summed E-state index contributed by atoms with van der Waals surface area (Å²) in [6, 6.07) is 5.42. The topological polar surface area (TPSA) is 12.5 Å². The summed E-state index contributed by atoms with van der Waals surface area (Å²) in [5, 5.41) is 0. The molecule has 1 aromatic rings. The Bertz CT molecular complexity index is 411. The molecule has 106 valence electrons. The van der Waals surface area contributed by atoms with E-state index in [4.69, 9.17) is 4.74 Å². The zero-order valence-corrected chi connectivity index (χ0v) is 10.9. The fourth-order valence-electron chi connectivity index (χ4n) is 2.33. The van der Waals surface area contributed by atoms with Crippen LogP contribution in [0.25, 0.3) is 0 Å². The van der Waals surface area contributed by atoms with Crippen molar-refractivity contribution in [3.63, 3.8) is 0 Å². The highest BCUT2D eigenvalue weighted by Crippen LogP contribution is 2.36. The zero-order chi connectivity index (χ0) is 13.9. The number of alkyl halides is 3. The van der Waals surface area contributed by atoms with Crippen molar-refractivity contribution in [2.75, 3.05) is 19.6 Å². The van der Waals surface area contributed by atoms with Gasteiger partial charge in [0.05, 0.1) is 5.56 Å². The Kier molecular flexibility index (Phi) is 4.34. The molecule has 2 rings (SSSR count). The molecule has 0 bridgehead atoms. The van der Waals surface area contributed by atoms with E-state index in [1.54, 1.807) is 6.07 Å². The van der Waals surface area contributed by atoms with Crippen molar-refractivity contribution in [3.05, 3.63) is 29.8 Å². The minimum absolute atomic E-state index is 0.0510. The van der Waals surface area contributed by atoms with E-state index in [9.17, 15) is 13.2 Å². The third-order valence-corrected chi connectivity index (χ3v) is 3.47. The summed E-state index contributed by atoms with van der Waals surface area (Å²) >= 11 is 0. The van der Waals surface area contributed by atoms with Gasteiger partial charge in [-0.05, 0) is 31.5 Å². The minimum atomic E-state index is -4.36. The number of ether oxygens (including phenoxy) is 1. The van der Waals surface area contributed by atoms with E-state index in [1.165, 1.54) is 12.1 Å². The summed E-state index contributed by atoms with van der Waals surface area (Å²) in [6.07, 6.45) is -2.92. The molecule has 0 aliphatic carbocycles. The predicted molar refractivity (Wildman–Crippen MR) is 67.2 cm³/mol. The lowest BCUT2D eigenvalue weighted by molar-refractivity contribution is -0.139. The molecule has 1 aliphatic rings. The van der Waals surface area contributed by atoms with Gasteiger partial charge in [-0.3, -0.25) is 0 Å². The van der Waals surface area contributed by atoms with Crippen molar-refractivity contribution in [1.82, 2.24) is 4.90 Å². The first kappa shape index (κ1) is 14.2. The molecule has 0 saturated carbocycles. The van der Waals surface area contributed by atoms with Gasteiger partial charge in [-0.1, -0.05) is 19.1 Å². The molecule has 0 amide bonds. The van der Waals surface area contributed by atoms with Crippen molar-refractivity contribution < 1.29 is 17.9 Å². The number of nitrogens with zero attached hydrogens (tertiary/aromatic N) is 1. The summed E-state index contributed by atoms with van der Waals surface area (Å²) in [5.41, 5.74) is -0.687. The van der Waals surface area contributed by atoms with Crippen molar-refractivity contribution >= 4 is 0 Å². The van der Waals surface area contributed by atoms with Crippen LogP contribution in [-0.4, -0.2) is 30.6 Å². The number of para-hydroxylation sites is 1. The zero-order valence-electron chi connectivity index (χ0n) is 10.9. The van der Waals surface area contributed by atoms with Crippen LogP contribution in [0.3, 0.4) is 0 Å². The van der Waals surface area contributed by atoms with Gasteiger partial charge >= 0.3 is 6.18 Å². The van der Waals surface area contributed by atoms with Crippen LogP contribution in [0.4, 0.5) is 13.2 Å². The molecule has 0 aromatic heterocycles. The Hall–Kier alpha value is -1.23. The van der Waals surface area contributed by atoms with Gasteiger partial charge in [-0.15, -0.1) is 0 Å². The van der Waals surface area contributed by atoms with Crippen LogP contribution in [0, 0.1) is 0 Å². The number of likely N-dealkylation sites (tertiary alicyclic amines) is 1. The number of hydrogen-bond acceptors (Lipinski definition) is 2. The molecular formula is C14H18F3NO. The largest absolute Gasteiger partial charge is 0.490 e. The van der Waals surface area contributed by atoms with Crippen LogP contribution in [0.5, 0.6) is 5.75 Å². The third kappa shape index (κ3) is 3.62. The first-order chi connectivity index (χ1) is 9.00. The van der Waals surface area contributed by atoms with E-state index < -0.39 is 11.7 Å². The maximum absolute atomic E-state index is 12.8. The summed E-state index contributed by atoms with van der Waals surface area (Å²) in [7, 11) is 0. The van der Waals surface area contributed by atoms with Crippen LogP contribution < -0.4 is 4.74 Å². The number of halogens is 3. The molecule has 5 heteroatoms. The number of rotatable bonds is 3. The molecule has 2 nitrogen and oxygen atoms in total. The lowest BCUT2D eigenvalue weighted by atomic mass is 10.1. The van der Waals surface area contributed by atoms with E-state index in [0.717, 1.165) is 38.5 Å². The van der Waals surface area contributed by atoms with E-state index >= 15 is 0 Å². The van der Waals surface area contributed by atoms with Crippen LogP contribution >= 0.6 is 0 Å². The summed E-state index contributed by atoms with van der Waals surface area (Å²) < 4.78 is 44.1. The Morgan fingerprint density at radius 1 is 1.21 bits per heavy atom. The minimum Gasteiger partial charge on any atom is -0.490 e. The van der Waals surface area contributed by atoms with E-state index in [-0.39, 0.29) is 11.9 Å². The molecule has 1 aromatic carbocycles. The second-order valence-corrected chi connectivity index (χ2v) is 4.75. The van der Waals surface area contributed by atoms with Gasteiger partial charge in [-0.25, -0.2) is 0 Å². The first-order valence-corrected chi connectivity index (χ1v) is 6.56. The van der Waals surface area contributed by atoms with Crippen molar-refractivity contribution in [2.24, 2.45) is 0 Å². The maximum atomic E-state index is 12.8. The van der Waals surface area contributed by atoms with Crippen LogP contribution in [0.15, 0.2) is 24.3 Å². The smallest absolute Gasteiger partial charge is 0.419 e. The molecule has 0 N–H and O–H groups in total. The molecular weight excluding hydrogens is 255 g/mol. The van der Waals surface area contributed by atoms with Crippen LogP contribution in [0.2, 0.25) is 0 Å². The summed E-state index contributed by atoms with van der Waals surface area (Å²) in [6.45, 7) is 4.83. The summed E-state index contributed by atoms with van der Waals surface area (Å²) in [4.78, 5) is 2.27. The molecule has 0 spiro atoms. The Morgan fingerprint density at radius 3 is 2.42 bits per heavy atom. The molecule has 0 unspecified atom stereocenters. The van der Waals surface area contributed by atoms with E-state index in [1.807, 2.05) is 0 Å². The van der Waals surface area contributed by atoms with Gasteiger partial charge < -0.3 is 9.64 Å². The number of hydrogen-bond donors (Lipinski definition) is 0. The Labute approximate surface area is 111 Å². The van der Waals surface area contributed by atoms with Gasteiger partial charge in [0.1, 0.15) is 11.9 Å². The Morgan fingerprint density at radius 2 is 1.84 bits per heavy atom. The average molecular weight is 273 g/mol. The van der Waals surface area contributed by atoms with Gasteiger partial charge in [0, 0.05) is 13.1 Å². The molecule has 0 atom stereocenters. The van der Waals surface area contributed by atoms with Crippen molar-refractivity contribution in [3.8, 4) is 5.75 Å². The van der Waals surface area contributed by atoms with E-state index in [2.05, 4.69) is 11.8 Å². The second-order valence-electron chi connectivity index (χ2n) is 4.75. The van der Waals surface area contributed by atoms with Gasteiger partial charge in [0.25, 0.3) is 0 Å². The highest BCUT2D eigenvalue weighted by molar-refractivity contribution is 5.35. The molecule has 1 heterocycles. The fraction of sp³-hybridized carbons (Fsp3) is 0.571. The molecule has 1 fully saturated rings. The third-order valence-electron chi connectivity index (χ3n) is 3.47. The highest BCUT2D eigenvalue weighted by atomic mass is 19.4. The first-order valence-electron chi connectivity index (χ1n) is 6.56. The van der Waals surface area contributed by atoms with E-state index in [0.29, 0.717) is 0 Å². The molecule has 0 radical (unpaired) electrons. The predicted octanol–water partition coefficient (Wildman–Crippen LogP) is 3.57. The molecule has 19 heavy (non-hydrogen) atoms.